The summed E-state index contributed by atoms with van der Waals surface area (Å²) in [5.41, 5.74) is 0. The van der Waals surface area contributed by atoms with Crippen LogP contribution >= 0.6 is 0 Å². The van der Waals surface area contributed by atoms with Crippen molar-refractivity contribution in [2.45, 2.75) is 89.3 Å². The fraction of sp³-hybridized carbons (Fsp3) is 0.467. The van der Waals surface area contributed by atoms with Gasteiger partial charge in [0.1, 0.15) is 12.2 Å². The first-order chi connectivity index (χ1) is 16.2. The third-order valence-corrected chi connectivity index (χ3v) is 4.85. The molecule has 0 saturated heterocycles. The zero-order valence-corrected chi connectivity index (χ0v) is 19.6. The fourth-order valence-corrected chi connectivity index (χ4v) is 2.99. The van der Waals surface area contributed by atoms with E-state index >= 15 is 0 Å². The summed E-state index contributed by atoms with van der Waals surface area (Å²) < 4.78 is 5.65. The molecule has 0 bridgehead atoms. The highest BCUT2D eigenvalue weighted by Gasteiger charge is 1.96. The average Bonchev–Trinajstić information content (AvgIpc) is 3.28. The lowest BCUT2D eigenvalue weighted by atomic mass is 10.1. The van der Waals surface area contributed by atoms with Crippen LogP contribution in [0.15, 0.2) is 40.9 Å². The zero-order valence-electron chi connectivity index (χ0n) is 19.6. The van der Waals surface area contributed by atoms with Crippen LogP contribution in [0.5, 0.6) is 0 Å². The SMILES string of the molecule is C#C[C@H](O)/C=C/CCCCCCC#Cc1ccc(C#CCCCCCC/C=C/[C@@H](O)C#C)o1. The van der Waals surface area contributed by atoms with E-state index in [-0.39, 0.29) is 0 Å². The van der Waals surface area contributed by atoms with Crippen LogP contribution in [0.3, 0.4) is 0 Å². The van der Waals surface area contributed by atoms with E-state index in [2.05, 4.69) is 35.5 Å². The van der Waals surface area contributed by atoms with Crippen LogP contribution < -0.4 is 0 Å². The molecule has 0 radical (unpaired) electrons. The van der Waals surface area contributed by atoms with Gasteiger partial charge in [-0.05, 0) is 74.7 Å². The lowest BCUT2D eigenvalue weighted by molar-refractivity contribution is 0.280. The third kappa shape index (κ3) is 16.2. The van der Waals surface area contributed by atoms with E-state index in [9.17, 15) is 10.2 Å². The van der Waals surface area contributed by atoms with Crippen LogP contribution in [0.4, 0.5) is 0 Å². The van der Waals surface area contributed by atoms with Gasteiger partial charge < -0.3 is 14.6 Å². The molecule has 0 spiro atoms. The molecule has 1 aromatic heterocycles. The molecule has 0 fully saturated rings. The predicted octanol–water partition coefficient (Wildman–Crippen LogP) is 5.76. The first kappa shape index (κ1) is 28.0. The number of rotatable bonds is 14. The van der Waals surface area contributed by atoms with Crippen LogP contribution in [0.25, 0.3) is 0 Å². The van der Waals surface area contributed by atoms with Gasteiger partial charge in [-0.3, -0.25) is 0 Å². The van der Waals surface area contributed by atoms with Gasteiger partial charge in [-0.2, -0.15) is 0 Å². The van der Waals surface area contributed by atoms with Crippen molar-refractivity contribution in [3.63, 3.8) is 0 Å². The van der Waals surface area contributed by atoms with Crippen LogP contribution in [-0.4, -0.2) is 22.4 Å². The maximum Gasteiger partial charge on any atom is 0.178 e. The van der Waals surface area contributed by atoms with E-state index in [1.54, 1.807) is 12.2 Å². The summed E-state index contributed by atoms with van der Waals surface area (Å²) in [5.74, 6) is 18.3. The van der Waals surface area contributed by atoms with Gasteiger partial charge in [0.2, 0.25) is 0 Å². The molecule has 3 nitrogen and oxygen atoms in total. The fourth-order valence-electron chi connectivity index (χ4n) is 2.99. The number of terminal acetylenes is 2. The topological polar surface area (TPSA) is 53.6 Å². The van der Waals surface area contributed by atoms with Crippen molar-refractivity contribution < 1.29 is 14.6 Å². The van der Waals surface area contributed by atoms with E-state index in [4.69, 9.17) is 17.3 Å². The maximum absolute atomic E-state index is 9.21. The monoisotopic (exact) mass is 444 g/mol. The van der Waals surface area contributed by atoms with Gasteiger partial charge in [0, 0.05) is 12.8 Å². The highest BCUT2D eigenvalue weighted by Crippen LogP contribution is 2.09. The molecule has 0 aliphatic heterocycles. The molecule has 0 saturated carbocycles. The number of hydrogen-bond donors (Lipinski definition) is 2. The molecule has 2 atom stereocenters. The summed E-state index contributed by atoms with van der Waals surface area (Å²) in [5, 5.41) is 18.4. The van der Waals surface area contributed by atoms with Crippen LogP contribution in [0.1, 0.15) is 88.6 Å². The maximum atomic E-state index is 9.21. The van der Waals surface area contributed by atoms with Crippen molar-refractivity contribution in [2.24, 2.45) is 0 Å². The Hall–Kier alpha value is -3.08. The second-order valence-electron chi connectivity index (χ2n) is 7.75. The molecule has 0 amide bonds. The quantitative estimate of drug-likeness (QED) is 0.218. The summed E-state index contributed by atoms with van der Waals surface area (Å²) in [6.45, 7) is 0. The molecule has 2 N–H and O–H groups in total. The van der Waals surface area contributed by atoms with E-state index in [0.29, 0.717) is 11.5 Å². The van der Waals surface area contributed by atoms with Gasteiger partial charge in [0.05, 0.1) is 0 Å². The third-order valence-electron chi connectivity index (χ3n) is 4.85. The van der Waals surface area contributed by atoms with Gasteiger partial charge in [-0.25, -0.2) is 0 Å². The Morgan fingerprint density at radius 2 is 1.12 bits per heavy atom. The molecule has 1 rings (SSSR count). The summed E-state index contributed by atoms with van der Waals surface area (Å²) in [6, 6.07) is 3.75. The van der Waals surface area contributed by atoms with Crippen molar-refractivity contribution in [3.05, 3.63) is 48.0 Å². The van der Waals surface area contributed by atoms with Crippen molar-refractivity contribution in [3.8, 4) is 48.4 Å². The van der Waals surface area contributed by atoms with Gasteiger partial charge in [0.25, 0.3) is 0 Å². The summed E-state index contributed by atoms with van der Waals surface area (Å²) in [4.78, 5) is 0. The second kappa shape index (κ2) is 19.6. The lowest BCUT2D eigenvalue weighted by Gasteiger charge is -1.97. The van der Waals surface area contributed by atoms with Crippen LogP contribution in [0.2, 0.25) is 0 Å². The molecule has 174 valence electrons. The van der Waals surface area contributed by atoms with Crippen LogP contribution in [-0.2, 0) is 0 Å². The van der Waals surface area contributed by atoms with Gasteiger partial charge in [0.15, 0.2) is 11.5 Å². The van der Waals surface area contributed by atoms with Crippen molar-refractivity contribution in [1.29, 1.82) is 0 Å². The minimum absolute atomic E-state index is 0.666. The second-order valence-corrected chi connectivity index (χ2v) is 7.75. The molecule has 1 heterocycles. The number of unbranched alkanes of at least 4 members (excludes halogenated alkanes) is 10. The Morgan fingerprint density at radius 3 is 1.55 bits per heavy atom. The molecule has 3 heteroatoms. The molecule has 0 aromatic carbocycles. The predicted molar refractivity (Wildman–Crippen MR) is 136 cm³/mol. The minimum atomic E-state index is -0.764. The average molecular weight is 445 g/mol. The van der Waals surface area contributed by atoms with Crippen molar-refractivity contribution in [1.82, 2.24) is 0 Å². The molecular formula is C30H36O3. The highest BCUT2D eigenvalue weighted by molar-refractivity contribution is 5.32. The van der Waals surface area contributed by atoms with Crippen LogP contribution in [0, 0.1) is 48.4 Å². The smallest absolute Gasteiger partial charge is 0.178 e. The first-order valence-electron chi connectivity index (χ1n) is 11.8. The lowest BCUT2D eigenvalue weighted by Crippen LogP contribution is -1.95. The number of aliphatic hydroxyl groups is 2. The standard InChI is InChI=1S/C30H36O3/c1-3-27(31)21-17-13-9-5-7-11-15-19-23-29-25-26-30(33-29)24-20-16-12-8-6-10-14-18-22-28(32)4-2/h1-2,17-18,21-22,25-28,31-32H,5-16H2/b21-17+,22-18+/t27-,28-/m0/s1. The number of allylic oxidation sites excluding steroid dienone is 2. The summed E-state index contributed by atoms with van der Waals surface area (Å²) >= 11 is 0. The Bertz CT molecular complexity index is 837. The van der Waals surface area contributed by atoms with E-state index < -0.39 is 12.2 Å². The molecule has 0 aliphatic carbocycles. The Kier molecular flexibility index (Phi) is 16.6. The van der Waals surface area contributed by atoms with Gasteiger partial charge >= 0.3 is 0 Å². The van der Waals surface area contributed by atoms with E-state index in [1.165, 1.54) is 0 Å². The number of furan rings is 1. The van der Waals surface area contributed by atoms with E-state index in [0.717, 1.165) is 77.0 Å². The molecule has 33 heavy (non-hydrogen) atoms. The van der Waals surface area contributed by atoms with Gasteiger partial charge in [-0.15, -0.1) is 12.8 Å². The molecule has 0 unspecified atom stereocenters. The molecule has 1 aromatic rings. The summed E-state index contributed by atoms with van der Waals surface area (Å²) in [6.07, 6.45) is 28.4. The molecular weight excluding hydrogens is 408 g/mol. The molecule has 0 aliphatic rings. The minimum Gasteiger partial charge on any atom is -0.439 e. The van der Waals surface area contributed by atoms with E-state index in [1.807, 2.05) is 24.3 Å². The summed E-state index contributed by atoms with van der Waals surface area (Å²) in [7, 11) is 0. The Balaban J connectivity index is 2.09. The normalized spacial score (nSPS) is 12.4. The van der Waals surface area contributed by atoms with Crippen molar-refractivity contribution in [2.75, 3.05) is 0 Å². The Morgan fingerprint density at radius 1 is 0.697 bits per heavy atom. The number of hydrogen-bond acceptors (Lipinski definition) is 3. The highest BCUT2D eigenvalue weighted by atomic mass is 16.3. The Labute approximate surface area is 200 Å². The van der Waals surface area contributed by atoms with Crippen molar-refractivity contribution >= 4 is 0 Å². The zero-order chi connectivity index (χ0) is 24.0. The first-order valence-corrected chi connectivity index (χ1v) is 11.8. The largest absolute Gasteiger partial charge is 0.439 e. The van der Waals surface area contributed by atoms with Gasteiger partial charge in [-0.1, -0.05) is 61.5 Å². The number of aliphatic hydroxyl groups excluding tert-OH is 2.